The Labute approximate surface area is 117 Å². The second-order valence-corrected chi connectivity index (χ2v) is 6.14. The number of rotatable bonds is 2. The van der Waals surface area contributed by atoms with Gasteiger partial charge in [-0.05, 0) is 24.7 Å². The lowest BCUT2D eigenvalue weighted by Gasteiger charge is -2.42. The molecule has 0 aromatic carbocycles. The van der Waals surface area contributed by atoms with Crippen molar-refractivity contribution in [3.8, 4) is 0 Å². The van der Waals surface area contributed by atoms with Crippen molar-refractivity contribution in [3.05, 3.63) is 0 Å². The molecule has 6 heteroatoms. The van der Waals surface area contributed by atoms with E-state index in [9.17, 15) is 9.59 Å². The van der Waals surface area contributed by atoms with Gasteiger partial charge in [0.05, 0.1) is 0 Å². The van der Waals surface area contributed by atoms with Crippen LogP contribution in [0.1, 0.15) is 46.0 Å². The van der Waals surface area contributed by atoms with Crippen molar-refractivity contribution in [2.75, 3.05) is 0 Å². The van der Waals surface area contributed by atoms with Gasteiger partial charge in [-0.1, -0.05) is 33.1 Å². The van der Waals surface area contributed by atoms with Crippen LogP contribution in [0.25, 0.3) is 0 Å². The Bertz CT molecular complexity index is 369. The molecular weight excluding hydrogens is 275 g/mol. The van der Waals surface area contributed by atoms with E-state index in [4.69, 9.17) is 23.6 Å². The lowest BCUT2D eigenvalue weighted by molar-refractivity contribution is -0.134. The van der Waals surface area contributed by atoms with E-state index in [1.54, 1.807) is 0 Å². The Hall–Kier alpha value is -0.480. The number of imide groups is 1. The van der Waals surface area contributed by atoms with E-state index in [0.717, 1.165) is 30.1 Å². The smallest absolute Gasteiger partial charge is 0.270 e. The van der Waals surface area contributed by atoms with Gasteiger partial charge in [-0.3, -0.25) is 4.79 Å². The predicted molar refractivity (Wildman–Crippen MR) is 69.9 cm³/mol. The minimum absolute atomic E-state index is 0.0571. The largest absolute Gasteiger partial charge is 0.357 e. The first kappa shape index (κ1) is 13.9. The Kier molecular flexibility index (Phi) is 3.79. The van der Waals surface area contributed by atoms with Crippen LogP contribution in [0.4, 0.5) is 4.79 Å². The van der Waals surface area contributed by atoms with E-state index in [-0.39, 0.29) is 17.7 Å². The SMILES string of the molecule is CC(C)C1(C2CCCCC2)C(=O)N(Cl)C(=O)N1Cl. The fourth-order valence-electron chi connectivity index (χ4n) is 3.39. The Morgan fingerprint density at radius 1 is 1.17 bits per heavy atom. The van der Waals surface area contributed by atoms with Crippen molar-refractivity contribution in [2.24, 2.45) is 11.8 Å². The molecule has 1 aliphatic carbocycles. The Morgan fingerprint density at radius 2 is 1.72 bits per heavy atom. The van der Waals surface area contributed by atoms with Gasteiger partial charge < -0.3 is 0 Å². The van der Waals surface area contributed by atoms with E-state index in [1.807, 2.05) is 13.8 Å². The summed E-state index contributed by atoms with van der Waals surface area (Å²) in [6.07, 6.45) is 5.18. The molecular formula is C12H18Cl2N2O2. The minimum Gasteiger partial charge on any atom is -0.270 e. The third-order valence-corrected chi connectivity index (χ3v) is 5.01. The monoisotopic (exact) mass is 292 g/mol. The zero-order valence-corrected chi connectivity index (χ0v) is 12.2. The van der Waals surface area contributed by atoms with Crippen molar-refractivity contribution >= 4 is 35.5 Å². The van der Waals surface area contributed by atoms with Crippen LogP contribution in [-0.2, 0) is 4.79 Å². The molecule has 0 spiro atoms. The standard InChI is InChI=1S/C12H18Cl2N2O2/c1-8(2)12(9-6-4-3-5-7-9)10(17)15(13)11(18)16(12)14/h8-9H,3-7H2,1-2H3. The Morgan fingerprint density at radius 3 is 2.11 bits per heavy atom. The molecule has 1 saturated carbocycles. The average Bonchev–Trinajstić information content (AvgIpc) is 2.53. The predicted octanol–water partition coefficient (Wildman–Crippen LogP) is 3.53. The van der Waals surface area contributed by atoms with Crippen LogP contribution in [0.5, 0.6) is 0 Å². The zero-order valence-electron chi connectivity index (χ0n) is 10.7. The van der Waals surface area contributed by atoms with E-state index >= 15 is 0 Å². The van der Waals surface area contributed by atoms with E-state index < -0.39 is 11.6 Å². The van der Waals surface area contributed by atoms with Gasteiger partial charge in [0.2, 0.25) is 0 Å². The van der Waals surface area contributed by atoms with Crippen molar-refractivity contribution in [3.63, 3.8) is 0 Å². The molecule has 0 bridgehead atoms. The number of carbonyl (C=O) groups excluding carboxylic acids is 2. The molecule has 2 aliphatic rings. The number of nitrogens with zero attached hydrogens (tertiary/aromatic N) is 2. The molecule has 0 radical (unpaired) electrons. The highest BCUT2D eigenvalue weighted by molar-refractivity contribution is 6.39. The quantitative estimate of drug-likeness (QED) is 0.577. The molecule has 1 saturated heterocycles. The van der Waals surface area contributed by atoms with Gasteiger partial charge in [0, 0.05) is 23.6 Å². The fourth-order valence-corrected chi connectivity index (χ4v) is 4.12. The third-order valence-electron chi connectivity index (χ3n) is 4.29. The van der Waals surface area contributed by atoms with Crippen LogP contribution in [0.3, 0.4) is 0 Å². The molecule has 0 aromatic rings. The van der Waals surface area contributed by atoms with Gasteiger partial charge >= 0.3 is 6.03 Å². The van der Waals surface area contributed by atoms with Gasteiger partial charge in [-0.15, -0.1) is 0 Å². The minimum atomic E-state index is -0.971. The van der Waals surface area contributed by atoms with Crippen LogP contribution >= 0.6 is 23.6 Å². The maximum Gasteiger partial charge on any atom is 0.357 e. The lowest BCUT2D eigenvalue weighted by atomic mass is 9.69. The van der Waals surface area contributed by atoms with E-state index in [0.29, 0.717) is 4.42 Å². The number of halogens is 2. The summed E-state index contributed by atoms with van der Waals surface area (Å²) in [5.74, 6) is -0.326. The maximum atomic E-state index is 12.4. The van der Waals surface area contributed by atoms with Crippen molar-refractivity contribution < 1.29 is 9.59 Å². The number of amides is 3. The van der Waals surface area contributed by atoms with Crippen molar-refractivity contribution in [2.45, 2.75) is 51.5 Å². The number of urea groups is 1. The van der Waals surface area contributed by atoms with Gasteiger partial charge in [0.1, 0.15) is 5.54 Å². The fraction of sp³-hybridized carbons (Fsp3) is 0.833. The summed E-state index contributed by atoms with van der Waals surface area (Å²) in [6, 6.07) is -0.623. The second kappa shape index (κ2) is 4.89. The van der Waals surface area contributed by atoms with Crippen LogP contribution in [0, 0.1) is 11.8 Å². The third kappa shape index (κ3) is 1.73. The molecule has 0 aromatic heterocycles. The molecule has 1 heterocycles. The zero-order chi connectivity index (χ0) is 13.5. The second-order valence-electron chi connectivity index (χ2n) is 5.46. The van der Waals surface area contributed by atoms with Gasteiger partial charge in [-0.2, -0.15) is 4.42 Å². The highest BCUT2D eigenvalue weighted by Gasteiger charge is 2.62. The maximum absolute atomic E-state index is 12.4. The highest BCUT2D eigenvalue weighted by Crippen LogP contribution is 2.47. The Balaban J connectivity index is 2.43. The van der Waals surface area contributed by atoms with Crippen molar-refractivity contribution in [1.82, 2.24) is 8.84 Å². The molecule has 18 heavy (non-hydrogen) atoms. The van der Waals surface area contributed by atoms with Crippen molar-refractivity contribution in [1.29, 1.82) is 0 Å². The lowest BCUT2D eigenvalue weighted by Crippen LogP contribution is -2.56. The summed E-state index contributed by atoms with van der Waals surface area (Å²) in [5, 5.41) is 0. The molecule has 1 atom stereocenters. The summed E-state index contributed by atoms with van der Waals surface area (Å²) in [4.78, 5) is 24.3. The topological polar surface area (TPSA) is 40.6 Å². The molecule has 4 nitrogen and oxygen atoms in total. The first-order chi connectivity index (χ1) is 8.44. The first-order valence-corrected chi connectivity index (χ1v) is 7.12. The normalized spacial score (nSPS) is 30.7. The van der Waals surface area contributed by atoms with Crippen LogP contribution in [0.15, 0.2) is 0 Å². The molecule has 1 aliphatic heterocycles. The number of hydrogen-bond donors (Lipinski definition) is 0. The van der Waals surface area contributed by atoms with Crippen LogP contribution in [0.2, 0.25) is 0 Å². The van der Waals surface area contributed by atoms with Gasteiger partial charge in [0.15, 0.2) is 0 Å². The average molecular weight is 293 g/mol. The molecule has 2 rings (SSSR count). The molecule has 1 unspecified atom stereocenters. The van der Waals surface area contributed by atoms with E-state index in [1.165, 1.54) is 6.42 Å². The number of hydrogen-bond acceptors (Lipinski definition) is 2. The van der Waals surface area contributed by atoms with Crippen LogP contribution in [-0.4, -0.2) is 26.3 Å². The van der Waals surface area contributed by atoms with Gasteiger partial charge in [0.25, 0.3) is 5.91 Å². The molecule has 0 N–H and O–H groups in total. The highest BCUT2D eigenvalue weighted by atomic mass is 35.5. The van der Waals surface area contributed by atoms with E-state index in [2.05, 4.69) is 0 Å². The summed E-state index contributed by atoms with van der Waals surface area (Å²) in [5.41, 5.74) is -0.971. The summed E-state index contributed by atoms with van der Waals surface area (Å²) in [7, 11) is 0. The van der Waals surface area contributed by atoms with Crippen LogP contribution < -0.4 is 0 Å². The summed E-state index contributed by atoms with van der Waals surface area (Å²) < 4.78 is 1.69. The molecule has 2 fully saturated rings. The first-order valence-electron chi connectivity index (χ1n) is 6.44. The van der Waals surface area contributed by atoms with Gasteiger partial charge in [-0.25, -0.2) is 9.21 Å². The molecule has 102 valence electrons. The summed E-state index contributed by atoms with van der Waals surface area (Å²) >= 11 is 11.9. The summed E-state index contributed by atoms with van der Waals surface area (Å²) in [6.45, 7) is 3.84. The number of carbonyl (C=O) groups is 2. The molecule has 3 amide bonds.